The first-order valence-corrected chi connectivity index (χ1v) is 5.79. The maximum absolute atomic E-state index is 12.3. The second kappa shape index (κ2) is 3.98. The largest absolute Gasteiger partial charge is 0.331 e. The molecule has 1 heterocycles. The van der Waals surface area contributed by atoms with Gasteiger partial charge in [0.1, 0.15) is 5.54 Å². The van der Waals surface area contributed by atoms with Crippen molar-refractivity contribution in [2.45, 2.75) is 38.6 Å². The van der Waals surface area contributed by atoms with Gasteiger partial charge in [-0.15, -0.1) is 0 Å². The Bertz CT molecular complexity index is 412. The van der Waals surface area contributed by atoms with E-state index in [9.17, 15) is 14.4 Å². The van der Waals surface area contributed by atoms with Gasteiger partial charge in [0.2, 0.25) is 5.91 Å². The minimum Gasteiger partial charge on any atom is -0.275 e. The Morgan fingerprint density at radius 2 is 2.12 bits per heavy atom. The Balaban J connectivity index is 2.21. The lowest BCUT2D eigenvalue weighted by atomic mass is 9.91. The quantitative estimate of drug-likeness (QED) is 0.549. The topological polar surface area (TPSA) is 66.5 Å². The van der Waals surface area contributed by atoms with Gasteiger partial charge in [-0.2, -0.15) is 0 Å². The highest BCUT2D eigenvalue weighted by atomic mass is 16.2. The van der Waals surface area contributed by atoms with Crippen LogP contribution in [-0.2, 0) is 9.59 Å². The molecule has 0 radical (unpaired) electrons. The summed E-state index contributed by atoms with van der Waals surface area (Å²) in [5.74, 6) is -0.846. The van der Waals surface area contributed by atoms with Crippen LogP contribution in [0.2, 0.25) is 0 Å². The highest BCUT2D eigenvalue weighted by molar-refractivity contribution is 6.14. The molecule has 4 amide bonds. The van der Waals surface area contributed by atoms with Crippen LogP contribution in [0.4, 0.5) is 4.79 Å². The van der Waals surface area contributed by atoms with Gasteiger partial charge in [-0.1, -0.05) is 12.2 Å². The third-order valence-electron chi connectivity index (χ3n) is 3.38. The number of nitrogens with one attached hydrogen (secondary N) is 1. The van der Waals surface area contributed by atoms with E-state index in [0.717, 1.165) is 17.7 Å². The third-order valence-corrected chi connectivity index (χ3v) is 3.38. The molecule has 0 bridgehead atoms. The second-order valence-electron chi connectivity index (χ2n) is 4.97. The SMILES string of the molecule is CC1(C)C(=O)NC(=O)N1C(=O)C1CC=CCC1. The molecule has 0 aromatic rings. The molecule has 1 fully saturated rings. The summed E-state index contributed by atoms with van der Waals surface area (Å²) in [4.78, 5) is 36.5. The predicted molar refractivity (Wildman–Crippen MR) is 60.9 cm³/mol. The van der Waals surface area contributed by atoms with Crippen molar-refractivity contribution in [2.24, 2.45) is 5.92 Å². The molecule has 92 valence electrons. The van der Waals surface area contributed by atoms with Crippen molar-refractivity contribution < 1.29 is 14.4 Å². The van der Waals surface area contributed by atoms with Gasteiger partial charge in [0, 0.05) is 5.92 Å². The van der Waals surface area contributed by atoms with Crippen molar-refractivity contribution in [1.82, 2.24) is 10.2 Å². The minimum atomic E-state index is -1.07. The number of hydrogen-bond donors (Lipinski definition) is 1. The van der Waals surface area contributed by atoms with Crippen molar-refractivity contribution in [3.63, 3.8) is 0 Å². The van der Waals surface area contributed by atoms with E-state index in [1.54, 1.807) is 13.8 Å². The molecule has 0 saturated carbocycles. The summed E-state index contributed by atoms with van der Waals surface area (Å²) in [5.41, 5.74) is -1.07. The van der Waals surface area contributed by atoms with Crippen LogP contribution >= 0.6 is 0 Å². The van der Waals surface area contributed by atoms with Crippen molar-refractivity contribution in [2.75, 3.05) is 0 Å². The smallest absolute Gasteiger partial charge is 0.275 e. The van der Waals surface area contributed by atoms with Gasteiger partial charge in [-0.05, 0) is 33.1 Å². The monoisotopic (exact) mass is 236 g/mol. The maximum Gasteiger partial charge on any atom is 0.331 e. The molecule has 0 spiro atoms. The number of allylic oxidation sites excluding steroid dienone is 2. The van der Waals surface area contributed by atoms with Gasteiger partial charge in [0.05, 0.1) is 0 Å². The molecule has 1 aliphatic heterocycles. The van der Waals surface area contributed by atoms with E-state index in [2.05, 4.69) is 5.32 Å². The molecule has 17 heavy (non-hydrogen) atoms. The van der Waals surface area contributed by atoms with E-state index in [1.807, 2.05) is 12.2 Å². The Labute approximate surface area is 99.8 Å². The van der Waals surface area contributed by atoms with Gasteiger partial charge in [-0.3, -0.25) is 14.9 Å². The van der Waals surface area contributed by atoms with E-state index in [1.165, 1.54) is 0 Å². The normalized spacial score (nSPS) is 27.2. The number of imide groups is 2. The molecule has 1 unspecified atom stereocenters. The molecule has 1 aliphatic carbocycles. The van der Waals surface area contributed by atoms with Gasteiger partial charge < -0.3 is 0 Å². The van der Waals surface area contributed by atoms with Crippen LogP contribution in [0.5, 0.6) is 0 Å². The van der Waals surface area contributed by atoms with Crippen molar-refractivity contribution >= 4 is 17.8 Å². The molecule has 0 aromatic heterocycles. The number of rotatable bonds is 1. The zero-order chi connectivity index (χ0) is 12.6. The van der Waals surface area contributed by atoms with Crippen LogP contribution in [0.25, 0.3) is 0 Å². The van der Waals surface area contributed by atoms with E-state index in [4.69, 9.17) is 0 Å². The molecule has 2 aliphatic rings. The van der Waals surface area contributed by atoms with Crippen LogP contribution in [-0.4, -0.2) is 28.3 Å². The number of urea groups is 1. The average molecular weight is 236 g/mol. The van der Waals surface area contributed by atoms with Gasteiger partial charge >= 0.3 is 6.03 Å². The number of nitrogens with zero attached hydrogens (tertiary/aromatic N) is 1. The Kier molecular flexibility index (Phi) is 2.77. The van der Waals surface area contributed by atoms with Crippen LogP contribution in [0.15, 0.2) is 12.2 Å². The lowest BCUT2D eigenvalue weighted by molar-refractivity contribution is -0.140. The van der Waals surface area contributed by atoms with Crippen LogP contribution in [0.1, 0.15) is 33.1 Å². The van der Waals surface area contributed by atoms with Crippen molar-refractivity contribution in [3.05, 3.63) is 12.2 Å². The molecule has 5 nitrogen and oxygen atoms in total. The van der Waals surface area contributed by atoms with Crippen molar-refractivity contribution in [3.8, 4) is 0 Å². The molecule has 1 saturated heterocycles. The predicted octanol–water partition coefficient (Wildman–Crippen LogP) is 1.20. The summed E-state index contributed by atoms with van der Waals surface area (Å²) in [5, 5.41) is 2.19. The summed E-state index contributed by atoms with van der Waals surface area (Å²) in [7, 11) is 0. The highest BCUT2D eigenvalue weighted by Gasteiger charge is 2.50. The molecule has 2 rings (SSSR count). The second-order valence-corrected chi connectivity index (χ2v) is 4.97. The number of hydrogen-bond acceptors (Lipinski definition) is 3. The van der Waals surface area contributed by atoms with Crippen LogP contribution < -0.4 is 5.32 Å². The van der Waals surface area contributed by atoms with Gasteiger partial charge in [-0.25, -0.2) is 9.69 Å². The third kappa shape index (κ3) is 1.85. The fourth-order valence-electron chi connectivity index (χ4n) is 2.24. The number of carbonyl (C=O) groups excluding carboxylic acids is 3. The molecule has 0 aromatic carbocycles. The summed E-state index contributed by atoms with van der Waals surface area (Å²) in [6, 6.07) is -0.598. The van der Waals surface area contributed by atoms with E-state index < -0.39 is 17.5 Å². The van der Waals surface area contributed by atoms with Crippen LogP contribution in [0.3, 0.4) is 0 Å². The van der Waals surface area contributed by atoms with Crippen LogP contribution in [0, 0.1) is 5.92 Å². The summed E-state index contributed by atoms with van der Waals surface area (Å²) < 4.78 is 0. The Hall–Kier alpha value is -1.65. The first kappa shape index (κ1) is 11.8. The van der Waals surface area contributed by atoms with E-state index in [-0.39, 0.29) is 11.8 Å². The van der Waals surface area contributed by atoms with Gasteiger partial charge in [0.15, 0.2) is 0 Å². The lowest BCUT2D eigenvalue weighted by Gasteiger charge is -2.30. The molecular weight excluding hydrogens is 220 g/mol. The molecule has 1 atom stereocenters. The van der Waals surface area contributed by atoms with Gasteiger partial charge in [0.25, 0.3) is 5.91 Å². The Morgan fingerprint density at radius 1 is 1.41 bits per heavy atom. The first-order valence-electron chi connectivity index (χ1n) is 5.79. The minimum absolute atomic E-state index is 0.184. The number of carbonyl (C=O) groups is 3. The first-order chi connectivity index (χ1) is 7.94. The highest BCUT2D eigenvalue weighted by Crippen LogP contribution is 2.27. The van der Waals surface area contributed by atoms with Crippen molar-refractivity contribution in [1.29, 1.82) is 0 Å². The summed E-state index contributed by atoms with van der Waals surface area (Å²) >= 11 is 0. The maximum atomic E-state index is 12.3. The van der Waals surface area contributed by atoms with E-state index >= 15 is 0 Å². The molecule has 5 heteroatoms. The number of amides is 4. The fourth-order valence-corrected chi connectivity index (χ4v) is 2.24. The molecule has 1 N–H and O–H groups in total. The molecular formula is C12H16N2O3. The standard InChI is InChI=1S/C12H16N2O3/c1-12(2)10(16)13-11(17)14(12)9(15)8-6-4-3-5-7-8/h3-4,8H,5-7H2,1-2H3,(H,13,16,17). The summed E-state index contributed by atoms with van der Waals surface area (Å²) in [6.45, 7) is 3.17. The lowest BCUT2D eigenvalue weighted by Crippen LogP contribution is -2.50. The zero-order valence-corrected chi connectivity index (χ0v) is 10.0. The zero-order valence-electron chi connectivity index (χ0n) is 10.0. The Morgan fingerprint density at radius 3 is 2.59 bits per heavy atom. The fraction of sp³-hybridized carbons (Fsp3) is 0.583. The summed E-state index contributed by atoms with van der Waals surface area (Å²) in [6.07, 6.45) is 6.22. The van der Waals surface area contributed by atoms with E-state index in [0.29, 0.717) is 6.42 Å². The average Bonchev–Trinajstić information content (AvgIpc) is 2.49.